The topological polar surface area (TPSA) is 71.2 Å². The summed E-state index contributed by atoms with van der Waals surface area (Å²) in [7, 11) is 0. The van der Waals surface area contributed by atoms with Crippen LogP contribution in [0.1, 0.15) is 18.4 Å². The van der Waals surface area contributed by atoms with Crippen LogP contribution in [0.15, 0.2) is 27.2 Å². The molecule has 1 aliphatic rings. The van der Waals surface area contributed by atoms with E-state index in [1.807, 2.05) is 0 Å². The van der Waals surface area contributed by atoms with Crippen LogP contribution in [0.4, 0.5) is 4.39 Å². The van der Waals surface area contributed by atoms with E-state index in [9.17, 15) is 9.50 Å². The first-order valence-electron chi connectivity index (χ1n) is 5.83. The van der Waals surface area contributed by atoms with Crippen LogP contribution < -0.4 is 5.32 Å². The van der Waals surface area contributed by atoms with Crippen LogP contribution in [-0.2, 0) is 0 Å². The molecule has 0 bridgehead atoms. The van der Waals surface area contributed by atoms with Gasteiger partial charge in [-0.3, -0.25) is 0 Å². The number of nitrogens with one attached hydrogen (secondary N) is 1. The fraction of sp³-hybridized carbons (Fsp3) is 0.333. The molecule has 5 nitrogen and oxygen atoms in total. The van der Waals surface area contributed by atoms with Crippen LogP contribution in [0.5, 0.6) is 0 Å². The number of β-amino-alcohol motifs (C(OH)–C–C–N with tert-alkyl or cyclic N) is 1. The molecule has 2 aromatic rings. The molecule has 0 spiro atoms. The fourth-order valence-corrected chi connectivity index (χ4v) is 2.55. The summed E-state index contributed by atoms with van der Waals surface area (Å²) in [5.41, 5.74) is 0.542. The van der Waals surface area contributed by atoms with Crippen molar-refractivity contribution in [1.29, 1.82) is 0 Å². The van der Waals surface area contributed by atoms with Crippen LogP contribution in [0.25, 0.3) is 11.4 Å². The number of aliphatic hydroxyl groups excluding tert-OH is 1. The second kappa shape index (κ2) is 4.99. The van der Waals surface area contributed by atoms with E-state index < -0.39 is 6.10 Å². The summed E-state index contributed by atoms with van der Waals surface area (Å²) in [6.45, 7) is 0.508. The van der Waals surface area contributed by atoms with Crippen LogP contribution in [0.2, 0.25) is 0 Å². The first-order chi connectivity index (χ1) is 9.11. The maximum atomic E-state index is 13.3. The predicted molar refractivity (Wildman–Crippen MR) is 68.8 cm³/mol. The van der Waals surface area contributed by atoms with Crippen LogP contribution in [0.3, 0.4) is 0 Å². The number of rotatable bonds is 2. The molecule has 0 aliphatic carbocycles. The van der Waals surface area contributed by atoms with Crippen molar-refractivity contribution < 1.29 is 14.0 Å². The highest BCUT2D eigenvalue weighted by Crippen LogP contribution is 2.26. The lowest BCUT2D eigenvalue weighted by molar-refractivity contribution is 0.191. The Bertz CT molecular complexity index is 584. The minimum absolute atomic E-state index is 0.145. The summed E-state index contributed by atoms with van der Waals surface area (Å²) >= 11 is 3.22. The van der Waals surface area contributed by atoms with Crippen molar-refractivity contribution in [2.45, 2.75) is 18.6 Å². The van der Waals surface area contributed by atoms with Gasteiger partial charge in [-0.1, -0.05) is 21.1 Å². The molecule has 2 heterocycles. The predicted octanol–water partition coefficient (Wildman–Crippen LogP) is 2.03. The summed E-state index contributed by atoms with van der Waals surface area (Å²) in [5.74, 6) is 0.371. The number of benzene rings is 1. The first kappa shape index (κ1) is 12.7. The zero-order valence-electron chi connectivity index (χ0n) is 9.81. The van der Waals surface area contributed by atoms with Gasteiger partial charge in [0, 0.05) is 16.6 Å². The van der Waals surface area contributed by atoms with Crippen LogP contribution >= 0.6 is 15.9 Å². The second-order valence-electron chi connectivity index (χ2n) is 4.46. The smallest absolute Gasteiger partial charge is 0.244 e. The Hall–Kier alpha value is -1.31. The minimum atomic E-state index is -0.399. The highest BCUT2D eigenvalue weighted by molar-refractivity contribution is 9.10. The largest absolute Gasteiger partial charge is 0.392 e. The quantitative estimate of drug-likeness (QED) is 0.883. The summed E-state index contributed by atoms with van der Waals surface area (Å²) in [6, 6.07) is 4.28. The van der Waals surface area contributed by atoms with Crippen LogP contribution in [0, 0.1) is 5.82 Å². The van der Waals surface area contributed by atoms with E-state index in [2.05, 4.69) is 31.4 Å². The molecule has 2 N–H and O–H groups in total. The summed E-state index contributed by atoms with van der Waals surface area (Å²) in [6.07, 6.45) is 0.137. The van der Waals surface area contributed by atoms with E-state index in [1.165, 1.54) is 12.1 Å². The van der Waals surface area contributed by atoms with Crippen molar-refractivity contribution in [2.75, 3.05) is 6.54 Å². The third-order valence-electron chi connectivity index (χ3n) is 2.97. The fourth-order valence-electron chi connectivity index (χ4n) is 2.08. The Morgan fingerprint density at radius 3 is 2.95 bits per heavy atom. The molecule has 2 unspecified atom stereocenters. The molecule has 1 aliphatic heterocycles. The van der Waals surface area contributed by atoms with E-state index in [0.29, 0.717) is 34.7 Å². The van der Waals surface area contributed by atoms with Gasteiger partial charge in [-0.05, 0) is 24.6 Å². The van der Waals surface area contributed by atoms with Gasteiger partial charge in [-0.25, -0.2) is 4.39 Å². The van der Waals surface area contributed by atoms with Crippen molar-refractivity contribution in [1.82, 2.24) is 15.5 Å². The van der Waals surface area contributed by atoms with E-state index >= 15 is 0 Å². The molecule has 0 amide bonds. The Balaban J connectivity index is 1.88. The van der Waals surface area contributed by atoms with Crippen molar-refractivity contribution in [2.24, 2.45) is 0 Å². The Labute approximate surface area is 117 Å². The number of aromatic nitrogens is 2. The molecule has 1 saturated heterocycles. The van der Waals surface area contributed by atoms with Crippen molar-refractivity contribution in [3.05, 3.63) is 34.4 Å². The Morgan fingerprint density at radius 2 is 2.26 bits per heavy atom. The molecule has 1 fully saturated rings. The molecule has 0 radical (unpaired) electrons. The van der Waals surface area contributed by atoms with E-state index in [0.717, 1.165) is 0 Å². The van der Waals surface area contributed by atoms with Gasteiger partial charge in [0.1, 0.15) is 5.82 Å². The summed E-state index contributed by atoms with van der Waals surface area (Å²) in [4.78, 5) is 4.24. The number of nitrogens with zero attached hydrogens (tertiary/aromatic N) is 2. The standard InChI is InChI=1S/C12H11BrFN3O2/c13-7-1-6(2-8(14)3-7)11-16-12(19-17-11)10-4-9(18)5-15-10/h1-3,9-10,15,18H,4-5H2. The highest BCUT2D eigenvalue weighted by Gasteiger charge is 2.28. The second-order valence-corrected chi connectivity index (χ2v) is 5.38. The lowest BCUT2D eigenvalue weighted by atomic mass is 10.2. The van der Waals surface area contributed by atoms with E-state index in [4.69, 9.17) is 4.52 Å². The number of halogens is 2. The van der Waals surface area contributed by atoms with Crippen molar-refractivity contribution in [3.8, 4) is 11.4 Å². The molecule has 3 rings (SSSR count). The third-order valence-corrected chi connectivity index (χ3v) is 3.43. The van der Waals surface area contributed by atoms with Gasteiger partial charge in [0.15, 0.2) is 0 Å². The Morgan fingerprint density at radius 1 is 1.42 bits per heavy atom. The normalized spacial score (nSPS) is 22.9. The monoisotopic (exact) mass is 327 g/mol. The van der Waals surface area contributed by atoms with Gasteiger partial charge in [0.25, 0.3) is 0 Å². The number of hydrogen-bond acceptors (Lipinski definition) is 5. The molecule has 1 aromatic heterocycles. The zero-order valence-corrected chi connectivity index (χ0v) is 11.4. The summed E-state index contributed by atoms with van der Waals surface area (Å²) in [5, 5.41) is 16.4. The van der Waals surface area contributed by atoms with Crippen molar-refractivity contribution >= 4 is 15.9 Å². The van der Waals surface area contributed by atoms with Gasteiger partial charge >= 0.3 is 0 Å². The molecule has 0 saturated carbocycles. The molecular formula is C12H11BrFN3O2. The molecule has 100 valence electrons. The SMILES string of the molecule is OC1CNC(c2nc(-c3cc(F)cc(Br)c3)no2)C1. The Kier molecular flexibility index (Phi) is 3.34. The highest BCUT2D eigenvalue weighted by atomic mass is 79.9. The van der Waals surface area contributed by atoms with E-state index in [-0.39, 0.29) is 11.9 Å². The first-order valence-corrected chi connectivity index (χ1v) is 6.62. The molecule has 19 heavy (non-hydrogen) atoms. The number of aliphatic hydroxyl groups is 1. The zero-order chi connectivity index (χ0) is 13.4. The average Bonchev–Trinajstić information content (AvgIpc) is 2.95. The number of hydrogen-bond donors (Lipinski definition) is 2. The summed E-state index contributed by atoms with van der Waals surface area (Å²) < 4.78 is 19.1. The molecular weight excluding hydrogens is 317 g/mol. The van der Waals surface area contributed by atoms with Gasteiger partial charge in [0.05, 0.1) is 12.1 Å². The van der Waals surface area contributed by atoms with E-state index in [1.54, 1.807) is 6.07 Å². The van der Waals surface area contributed by atoms with Crippen LogP contribution in [-0.4, -0.2) is 27.9 Å². The average molecular weight is 328 g/mol. The maximum Gasteiger partial charge on any atom is 0.244 e. The van der Waals surface area contributed by atoms with Gasteiger partial charge in [-0.2, -0.15) is 4.98 Å². The minimum Gasteiger partial charge on any atom is -0.392 e. The van der Waals surface area contributed by atoms with Gasteiger partial charge < -0.3 is 14.9 Å². The third kappa shape index (κ3) is 2.68. The van der Waals surface area contributed by atoms with Gasteiger partial charge in [0.2, 0.25) is 11.7 Å². The molecule has 7 heteroatoms. The molecule has 1 aromatic carbocycles. The van der Waals surface area contributed by atoms with Crippen molar-refractivity contribution in [3.63, 3.8) is 0 Å². The van der Waals surface area contributed by atoms with Gasteiger partial charge in [-0.15, -0.1) is 0 Å². The maximum absolute atomic E-state index is 13.3. The lowest BCUT2D eigenvalue weighted by Gasteiger charge is -2.01. The lowest BCUT2D eigenvalue weighted by Crippen LogP contribution is -2.15. The molecule has 2 atom stereocenters.